The minimum Gasteiger partial charge on any atom is -1.00 e. The molecule has 0 saturated carbocycles. The van der Waals surface area contributed by atoms with Gasteiger partial charge in [0, 0.05) is 12.0 Å². The van der Waals surface area contributed by atoms with E-state index in [1.165, 1.54) is 16.0 Å². The molecule has 0 saturated heterocycles. The van der Waals surface area contributed by atoms with Crippen LogP contribution in [0.3, 0.4) is 0 Å². The summed E-state index contributed by atoms with van der Waals surface area (Å²) in [5, 5.41) is 0. The lowest BCUT2D eigenvalue weighted by Crippen LogP contribution is -3.12. The zero-order valence-electron chi connectivity index (χ0n) is 8.50. The van der Waals surface area contributed by atoms with E-state index in [4.69, 9.17) is 5.73 Å². The van der Waals surface area contributed by atoms with Gasteiger partial charge in [-0.3, -0.25) is 4.79 Å². The number of amides is 1. The summed E-state index contributed by atoms with van der Waals surface area (Å²) in [7, 11) is 0. The van der Waals surface area contributed by atoms with Crippen molar-refractivity contribution in [2.24, 2.45) is 5.73 Å². The maximum Gasteiger partial charge on any atom is 0.272 e. The van der Waals surface area contributed by atoms with Crippen molar-refractivity contribution in [1.29, 1.82) is 0 Å². The second-order valence-electron chi connectivity index (χ2n) is 3.84. The fraction of sp³-hybridized carbons (Fsp3) is 0.364. The van der Waals surface area contributed by atoms with Crippen LogP contribution in [0.5, 0.6) is 0 Å². The maximum atomic E-state index is 10.8. The first kappa shape index (κ1) is 12.0. The molecule has 1 aromatic carbocycles. The normalized spacial score (nSPS) is 18.8. The van der Waals surface area contributed by atoms with Crippen LogP contribution in [0.15, 0.2) is 24.3 Å². The van der Waals surface area contributed by atoms with E-state index >= 15 is 0 Å². The van der Waals surface area contributed by atoms with Crippen molar-refractivity contribution in [3.05, 3.63) is 35.4 Å². The second kappa shape index (κ2) is 5.14. The number of primary amides is 1. The van der Waals surface area contributed by atoms with E-state index in [9.17, 15) is 4.79 Å². The molecule has 1 heterocycles. The number of fused-ring (bicyclic) bond motifs is 1. The van der Waals surface area contributed by atoms with E-state index in [1.54, 1.807) is 0 Å². The first-order valence-corrected chi connectivity index (χ1v) is 4.94. The number of quaternary nitrogens is 1. The minimum absolute atomic E-state index is 0. The lowest BCUT2D eigenvalue weighted by Gasteiger charge is -2.24. The summed E-state index contributed by atoms with van der Waals surface area (Å²) in [5.74, 6) is -0.209. The number of hydrogen-bond acceptors (Lipinski definition) is 1. The number of nitrogens with two attached hydrogens (primary N) is 1. The van der Waals surface area contributed by atoms with Crippen molar-refractivity contribution in [2.75, 3.05) is 13.1 Å². The van der Waals surface area contributed by atoms with Crippen LogP contribution in [0, 0.1) is 0 Å². The number of halogens is 1. The quantitative estimate of drug-likeness (QED) is 0.533. The number of carbonyl (C=O) groups excluding carboxylic acids is 1. The van der Waals surface area contributed by atoms with Crippen LogP contribution >= 0.6 is 0 Å². The molecule has 3 N–H and O–H groups in total. The van der Waals surface area contributed by atoms with E-state index in [2.05, 4.69) is 18.2 Å². The fourth-order valence-corrected chi connectivity index (χ4v) is 2.04. The van der Waals surface area contributed by atoms with Gasteiger partial charge in [0.2, 0.25) is 0 Å². The summed E-state index contributed by atoms with van der Waals surface area (Å²) in [6, 6.07) is 8.41. The molecule has 0 fully saturated rings. The lowest BCUT2D eigenvalue weighted by atomic mass is 10.00. The second-order valence-corrected chi connectivity index (χ2v) is 3.84. The smallest absolute Gasteiger partial charge is 0.272 e. The summed E-state index contributed by atoms with van der Waals surface area (Å²) in [6.07, 6.45) is 1.05. The zero-order chi connectivity index (χ0) is 9.97. The van der Waals surface area contributed by atoms with Gasteiger partial charge in [-0.2, -0.15) is 0 Å². The molecule has 1 amide bonds. The number of benzene rings is 1. The number of nitrogens with one attached hydrogen (secondary N) is 1. The Labute approximate surface area is 95.7 Å². The molecule has 4 heteroatoms. The largest absolute Gasteiger partial charge is 1.00 e. The Hall–Kier alpha value is -1.06. The zero-order valence-corrected chi connectivity index (χ0v) is 9.26. The van der Waals surface area contributed by atoms with Crippen LogP contribution in [0.2, 0.25) is 0 Å². The van der Waals surface area contributed by atoms with Crippen molar-refractivity contribution in [3.63, 3.8) is 0 Å². The molecule has 0 aromatic heterocycles. The summed E-state index contributed by atoms with van der Waals surface area (Å²) in [5.41, 5.74) is 7.96. The molecule has 15 heavy (non-hydrogen) atoms. The molecule has 2 rings (SSSR count). The van der Waals surface area contributed by atoms with Crippen molar-refractivity contribution < 1.29 is 22.1 Å². The highest BCUT2D eigenvalue weighted by atomic mass is 35.5. The van der Waals surface area contributed by atoms with Crippen molar-refractivity contribution >= 4 is 5.91 Å². The van der Waals surface area contributed by atoms with Crippen molar-refractivity contribution in [1.82, 2.24) is 0 Å². The average molecular weight is 227 g/mol. The molecule has 82 valence electrons. The molecular weight excluding hydrogens is 212 g/mol. The number of carbonyl (C=O) groups is 1. The molecule has 0 radical (unpaired) electrons. The molecule has 1 aromatic rings. The molecule has 0 spiro atoms. The maximum absolute atomic E-state index is 10.8. The van der Waals surface area contributed by atoms with Crippen molar-refractivity contribution in [2.45, 2.75) is 13.0 Å². The Morgan fingerprint density at radius 2 is 2.00 bits per heavy atom. The molecule has 1 atom stereocenters. The van der Waals surface area contributed by atoms with E-state index < -0.39 is 0 Å². The van der Waals surface area contributed by atoms with Gasteiger partial charge in [0.1, 0.15) is 6.54 Å². The molecule has 1 aliphatic rings. The summed E-state index contributed by atoms with van der Waals surface area (Å²) >= 11 is 0. The molecule has 1 aliphatic heterocycles. The van der Waals surface area contributed by atoms with Crippen LogP contribution in [0.4, 0.5) is 0 Å². The van der Waals surface area contributed by atoms with Gasteiger partial charge in [0.25, 0.3) is 5.91 Å². The summed E-state index contributed by atoms with van der Waals surface area (Å²) in [4.78, 5) is 12.1. The van der Waals surface area contributed by atoms with Crippen LogP contribution in [-0.2, 0) is 17.8 Å². The van der Waals surface area contributed by atoms with Gasteiger partial charge in [0.05, 0.1) is 6.54 Å². The van der Waals surface area contributed by atoms with Gasteiger partial charge < -0.3 is 23.0 Å². The van der Waals surface area contributed by atoms with Gasteiger partial charge >= 0.3 is 0 Å². The fourth-order valence-electron chi connectivity index (χ4n) is 2.04. The van der Waals surface area contributed by atoms with Crippen LogP contribution in [0.1, 0.15) is 11.1 Å². The molecule has 1 unspecified atom stereocenters. The van der Waals surface area contributed by atoms with Gasteiger partial charge in [-0.15, -0.1) is 0 Å². The molecule has 0 aliphatic carbocycles. The highest BCUT2D eigenvalue weighted by Crippen LogP contribution is 2.09. The predicted octanol–water partition coefficient (Wildman–Crippen LogP) is -3.88. The van der Waals surface area contributed by atoms with E-state index in [1.807, 2.05) is 6.07 Å². The first-order chi connectivity index (χ1) is 6.75. The van der Waals surface area contributed by atoms with Crippen LogP contribution in [-0.4, -0.2) is 19.0 Å². The third-order valence-corrected chi connectivity index (χ3v) is 2.73. The van der Waals surface area contributed by atoms with Crippen LogP contribution < -0.4 is 23.0 Å². The Balaban J connectivity index is 0.00000112. The Morgan fingerprint density at radius 1 is 1.33 bits per heavy atom. The van der Waals surface area contributed by atoms with Crippen LogP contribution in [0.25, 0.3) is 0 Å². The topological polar surface area (TPSA) is 47.5 Å². The molecule has 3 nitrogen and oxygen atoms in total. The predicted molar refractivity (Wildman–Crippen MR) is 53.7 cm³/mol. The highest BCUT2D eigenvalue weighted by Gasteiger charge is 2.19. The molecular formula is C11H15ClN2O. The highest BCUT2D eigenvalue weighted by molar-refractivity contribution is 5.74. The standard InChI is InChI=1S/C11H14N2O.ClH/c12-11(14)8-13-6-5-9-3-1-2-4-10(9)7-13;/h1-4H,5-8H2,(H2,12,14);1H. The third kappa shape index (κ3) is 2.94. The Morgan fingerprint density at radius 3 is 2.67 bits per heavy atom. The minimum atomic E-state index is -0.209. The van der Waals surface area contributed by atoms with E-state index in [0.29, 0.717) is 6.54 Å². The van der Waals surface area contributed by atoms with Gasteiger partial charge in [-0.25, -0.2) is 0 Å². The number of rotatable bonds is 2. The van der Waals surface area contributed by atoms with Gasteiger partial charge in [0.15, 0.2) is 6.54 Å². The first-order valence-electron chi connectivity index (χ1n) is 4.94. The Kier molecular flexibility index (Phi) is 4.12. The number of hydrogen-bond donors (Lipinski definition) is 2. The SMILES string of the molecule is NC(=O)C[NH+]1CCc2ccccc2C1.[Cl-]. The Bertz CT molecular complexity index is 354. The van der Waals surface area contributed by atoms with Crippen molar-refractivity contribution in [3.8, 4) is 0 Å². The summed E-state index contributed by atoms with van der Waals surface area (Å²) in [6.45, 7) is 2.40. The van der Waals surface area contributed by atoms with E-state index in [0.717, 1.165) is 19.5 Å². The van der Waals surface area contributed by atoms with E-state index in [-0.39, 0.29) is 18.3 Å². The third-order valence-electron chi connectivity index (χ3n) is 2.73. The molecule has 0 bridgehead atoms. The summed E-state index contributed by atoms with van der Waals surface area (Å²) < 4.78 is 0. The van der Waals surface area contributed by atoms with Gasteiger partial charge in [-0.1, -0.05) is 24.3 Å². The van der Waals surface area contributed by atoms with Gasteiger partial charge in [-0.05, 0) is 5.56 Å². The lowest BCUT2D eigenvalue weighted by molar-refractivity contribution is -0.907. The monoisotopic (exact) mass is 226 g/mol. The average Bonchev–Trinajstić information content (AvgIpc) is 2.17.